The van der Waals surface area contributed by atoms with Crippen LogP contribution >= 0.6 is 0 Å². The van der Waals surface area contributed by atoms with Gasteiger partial charge in [-0.3, -0.25) is 0 Å². The molecule has 0 bridgehead atoms. The van der Waals surface area contributed by atoms with Crippen LogP contribution in [0.5, 0.6) is 0 Å². The van der Waals surface area contributed by atoms with Crippen LogP contribution in [0, 0.1) is 0 Å². The fourth-order valence-corrected chi connectivity index (χ4v) is 0.833. The first-order chi connectivity index (χ1) is 2.50. The molecule has 1 aromatic rings. The first-order valence-electron chi connectivity index (χ1n) is 1.28. The van der Waals surface area contributed by atoms with Crippen LogP contribution in [0.25, 0.3) is 0 Å². The molecule has 26 valence electrons. The summed E-state index contributed by atoms with van der Waals surface area (Å²) in [4.78, 5) is 2.02. The molecule has 1 rings (SSSR count). The Balaban J connectivity index is 3.13. The SMILES string of the molecule is c1c[se]c[o+]1. The van der Waals surface area contributed by atoms with Crippen molar-refractivity contribution in [2.24, 2.45) is 0 Å². The van der Waals surface area contributed by atoms with E-state index in [1.54, 1.807) is 6.26 Å². The fourth-order valence-electron chi connectivity index (χ4n) is 0.160. The third-order valence-corrected chi connectivity index (χ3v) is 1.35. The Hall–Kier alpha value is -0.0705. The molecular formula is C3H3OSe+. The standard InChI is InChI=1S/C3H3OSe/c1-2-5-3-4-1/h1-3H/q+1. The van der Waals surface area contributed by atoms with Gasteiger partial charge in [0.15, 0.2) is 0 Å². The van der Waals surface area contributed by atoms with Crippen molar-refractivity contribution < 1.29 is 4.42 Å². The van der Waals surface area contributed by atoms with E-state index in [2.05, 4.69) is 4.42 Å². The van der Waals surface area contributed by atoms with Crippen molar-refractivity contribution in [2.45, 2.75) is 0 Å². The van der Waals surface area contributed by atoms with Gasteiger partial charge in [0.05, 0.1) is 0 Å². The molecule has 1 nitrogen and oxygen atoms in total. The topological polar surface area (TPSA) is 11.3 Å². The first-order valence-corrected chi connectivity index (χ1v) is 3.25. The molecule has 0 N–H and O–H groups in total. The molecule has 0 saturated carbocycles. The molecule has 0 aliphatic heterocycles. The average molecular weight is 134 g/mol. The maximum atomic E-state index is 4.67. The molecule has 0 amide bonds. The molecule has 0 aliphatic carbocycles. The van der Waals surface area contributed by atoms with Gasteiger partial charge in [-0.05, 0) is 0 Å². The second-order valence-corrected chi connectivity index (χ2v) is 2.19. The predicted molar refractivity (Wildman–Crippen MR) is 20.1 cm³/mol. The Morgan fingerprint density at radius 2 is 2.60 bits per heavy atom. The van der Waals surface area contributed by atoms with E-state index in [-0.39, 0.29) is 0 Å². The van der Waals surface area contributed by atoms with Crippen LogP contribution in [0.2, 0.25) is 0 Å². The van der Waals surface area contributed by atoms with Crippen molar-refractivity contribution in [3.8, 4) is 0 Å². The summed E-state index contributed by atoms with van der Waals surface area (Å²) in [5.41, 5.74) is 0. The zero-order valence-corrected chi connectivity index (χ0v) is 4.26. The van der Waals surface area contributed by atoms with Crippen LogP contribution in [0.4, 0.5) is 0 Å². The van der Waals surface area contributed by atoms with Crippen LogP contribution in [0.3, 0.4) is 0 Å². The van der Waals surface area contributed by atoms with Crippen molar-refractivity contribution in [3.05, 3.63) is 16.3 Å². The molecule has 0 aromatic carbocycles. The Morgan fingerprint density at radius 3 is 2.80 bits per heavy atom. The zero-order valence-electron chi connectivity index (χ0n) is 2.55. The van der Waals surface area contributed by atoms with Crippen LogP contribution in [-0.4, -0.2) is 14.5 Å². The Labute approximate surface area is 36.0 Å². The minimum atomic E-state index is 0.542. The van der Waals surface area contributed by atoms with Gasteiger partial charge in [0.1, 0.15) is 0 Å². The van der Waals surface area contributed by atoms with E-state index in [9.17, 15) is 0 Å². The van der Waals surface area contributed by atoms with Gasteiger partial charge in [0.2, 0.25) is 0 Å². The van der Waals surface area contributed by atoms with Gasteiger partial charge in [0.25, 0.3) is 0 Å². The molecule has 1 heterocycles. The molecule has 0 atom stereocenters. The van der Waals surface area contributed by atoms with Gasteiger partial charge in [-0.15, -0.1) is 0 Å². The third-order valence-electron chi connectivity index (χ3n) is 0.324. The average Bonchev–Trinajstić information content (AvgIpc) is 1.76. The molecule has 5 heavy (non-hydrogen) atoms. The Kier molecular flexibility index (Phi) is 0.869. The van der Waals surface area contributed by atoms with E-state index in [1.165, 1.54) is 0 Å². The minimum absolute atomic E-state index is 0.542. The van der Waals surface area contributed by atoms with Crippen LogP contribution in [-0.2, 0) is 0 Å². The van der Waals surface area contributed by atoms with Gasteiger partial charge < -0.3 is 0 Å². The molecule has 0 spiro atoms. The molecule has 1 aromatic heterocycles. The van der Waals surface area contributed by atoms with Crippen LogP contribution in [0.15, 0.2) is 20.8 Å². The second-order valence-electron chi connectivity index (χ2n) is 0.641. The van der Waals surface area contributed by atoms with E-state index in [1.807, 2.05) is 10.1 Å². The molecular weight excluding hydrogens is 131 g/mol. The van der Waals surface area contributed by atoms with Crippen LogP contribution in [0.1, 0.15) is 0 Å². The van der Waals surface area contributed by atoms with Crippen molar-refractivity contribution in [2.75, 3.05) is 0 Å². The van der Waals surface area contributed by atoms with E-state index >= 15 is 0 Å². The van der Waals surface area contributed by atoms with Gasteiger partial charge in [-0.2, -0.15) is 0 Å². The van der Waals surface area contributed by atoms with Gasteiger partial charge in [-0.25, -0.2) is 0 Å². The summed E-state index contributed by atoms with van der Waals surface area (Å²) < 4.78 is 4.67. The fraction of sp³-hybridized carbons (Fsp3) is 0. The monoisotopic (exact) mass is 135 g/mol. The molecule has 0 fully saturated rings. The number of rotatable bonds is 0. The van der Waals surface area contributed by atoms with Gasteiger partial charge >= 0.3 is 35.3 Å². The van der Waals surface area contributed by atoms with E-state index < -0.39 is 0 Å². The van der Waals surface area contributed by atoms with Crippen LogP contribution < -0.4 is 0 Å². The van der Waals surface area contributed by atoms with E-state index in [0.29, 0.717) is 14.5 Å². The molecule has 0 unspecified atom stereocenters. The Morgan fingerprint density at radius 1 is 1.60 bits per heavy atom. The Bertz CT molecular complexity index is 63.4. The molecule has 0 radical (unpaired) electrons. The van der Waals surface area contributed by atoms with Crippen molar-refractivity contribution in [1.82, 2.24) is 0 Å². The predicted octanol–water partition coefficient (Wildman–Crippen LogP) is 0.618. The third kappa shape index (κ3) is 0.602. The number of hydrogen-bond donors (Lipinski definition) is 0. The van der Waals surface area contributed by atoms with Crippen molar-refractivity contribution in [3.63, 3.8) is 0 Å². The summed E-state index contributed by atoms with van der Waals surface area (Å²) in [5.74, 6) is 0. The van der Waals surface area contributed by atoms with Crippen molar-refractivity contribution >= 4 is 14.5 Å². The molecule has 0 saturated heterocycles. The molecule has 2 heteroatoms. The maximum absolute atomic E-state index is 4.67. The quantitative estimate of drug-likeness (QED) is 0.374. The number of hydrogen-bond acceptors (Lipinski definition) is 0. The van der Waals surface area contributed by atoms with E-state index in [4.69, 9.17) is 0 Å². The summed E-state index contributed by atoms with van der Waals surface area (Å²) in [5, 5.41) is 1.81. The molecule has 0 aliphatic rings. The second kappa shape index (κ2) is 1.39. The van der Waals surface area contributed by atoms with Gasteiger partial charge in [0, 0.05) is 0 Å². The summed E-state index contributed by atoms with van der Waals surface area (Å²) >= 11 is 0.542. The normalized spacial score (nSPS) is 8.00. The van der Waals surface area contributed by atoms with Crippen molar-refractivity contribution in [1.29, 1.82) is 0 Å². The van der Waals surface area contributed by atoms with E-state index in [0.717, 1.165) is 0 Å². The summed E-state index contributed by atoms with van der Waals surface area (Å²) in [6, 6.07) is 0. The first kappa shape index (κ1) is 3.13. The zero-order chi connectivity index (χ0) is 3.54. The summed E-state index contributed by atoms with van der Waals surface area (Å²) in [7, 11) is 0. The van der Waals surface area contributed by atoms with Gasteiger partial charge in [-0.1, -0.05) is 0 Å². The summed E-state index contributed by atoms with van der Waals surface area (Å²) in [6.07, 6.45) is 1.71. The summed E-state index contributed by atoms with van der Waals surface area (Å²) in [6.45, 7) is 0.